The van der Waals surface area contributed by atoms with Crippen molar-refractivity contribution in [1.82, 2.24) is 15.2 Å². The number of nitrogens with one attached hydrogen (secondary N) is 1. The molecule has 1 aliphatic carbocycles. The Kier molecular flexibility index (Phi) is 4.68. The third-order valence-corrected chi connectivity index (χ3v) is 4.53. The Morgan fingerprint density at radius 1 is 1.31 bits per heavy atom. The Morgan fingerprint density at radius 3 is 2.62 bits per heavy atom. The first-order chi connectivity index (χ1) is 12.1. The second-order valence-corrected chi connectivity index (χ2v) is 7.12. The third kappa shape index (κ3) is 3.82. The topological polar surface area (TPSA) is 71.5 Å². The van der Waals surface area contributed by atoms with Crippen LogP contribution in [0, 0.1) is 0 Å². The summed E-state index contributed by atoms with van der Waals surface area (Å²) in [6.45, 7) is 3.62. The monoisotopic (exact) mass is 371 g/mol. The zero-order valence-electron chi connectivity index (χ0n) is 14.5. The zero-order chi connectivity index (χ0) is 19.1. The SMILES string of the molecule is CC1(C)NCCN(C(=O)c2cccc(C3CC3)n2)C1OC(=O)C(F)(F)F. The van der Waals surface area contributed by atoms with Gasteiger partial charge in [-0.2, -0.15) is 13.2 Å². The minimum absolute atomic E-state index is 0.105. The van der Waals surface area contributed by atoms with Crippen molar-refractivity contribution in [3.63, 3.8) is 0 Å². The molecule has 1 saturated carbocycles. The van der Waals surface area contributed by atoms with Crippen LogP contribution in [-0.2, 0) is 9.53 Å². The molecule has 1 unspecified atom stereocenters. The van der Waals surface area contributed by atoms with Gasteiger partial charge in [0.25, 0.3) is 5.91 Å². The molecule has 1 N–H and O–H groups in total. The number of aromatic nitrogens is 1. The maximum absolute atomic E-state index is 12.9. The van der Waals surface area contributed by atoms with Crippen molar-refractivity contribution < 1.29 is 27.5 Å². The number of pyridine rings is 1. The Hall–Kier alpha value is -2.16. The standard InChI is InChI=1S/C17H20F3N3O3/c1-16(2)14(26-15(25)17(18,19)20)23(9-8-21-16)13(24)12-5-3-4-11(22-12)10-6-7-10/h3-5,10,14,21H,6-9H2,1-2H3. The molecule has 0 aromatic carbocycles. The van der Waals surface area contributed by atoms with Gasteiger partial charge in [0, 0.05) is 24.7 Å². The van der Waals surface area contributed by atoms with Crippen LogP contribution in [0.2, 0.25) is 0 Å². The van der Waals surface area contributed by atoms with Crippen LogP contribution in [0.3, 0.4) is 0 Å². The van der Waals surface area contributed by atoms with Crippen LogP contribution < -0.4 is 5.32 Å². The Labute approximate surface area is 148 Å². The average molecular weight is 371 g/mol. The average Bonchev–Trinajstić information content (AvgIpc) is 3.40. The Balaban J connectivity index is 1.86. The first-order valence-corrected chi connectivity index (χ1v) is 8.40. The van der Waals surface area contributed by atoms with Crippen LogP contribution in [0.25, 0.3) is 0 Å². The van der Waals surface area contributed by atoms with E-state index < -0.39 is 29.8 Å². The van der Waals surface area contributed by atoms with E-state index in [9.17, 15) is 22.8 Å². The quantitative estimate of drug-likeness (QED) is 0.825. The molecule has 2 heterocycles. The zero-order valence-corrected chi connectivity index (χ0v) is 14.5. The molecule has 0 bridgehead atoms. The van der Waals surface area contributed by atoms with Crippen molar-refractivity contribution in [3.05, 3.63) is 29.6 Å². The van der Waals surface area contributed by atoms with E-state index in [1.807, 2.05) is 6.07 Å². The van der Waals surface area contributed by atoms with Gasteiger partial charge in [0.2, 0.25) is 0 Å². The van der Waals surface area contributed by atoms with Gasteiger partial charge in [-0.3, -0.25) is 9.69 Å². The van der Waals surface area contributed by atoms with Gasteiger partial charge in [0.15, 0.2) is 6.23 Å². The van der Waals surface area contributed by atoms with Crippen molar-refractivity contribution in [2.75, 3.05) is 13.1 Å². The van der Waals surface area contributed by atoms with Gasteiger partial charge in [-0.15, -0.1) is 0 Å². The highest BCUT2D eigenvalue weighted by atomic mass is 19.4. The summed E-state index contributed by atoms with van der Waals surface area (Å²) in [7, 11) is 0. The molecule has 0 radical (unpaired) electrons. The van der Waals surface area contributed by atoms with Crippen molar-refractivity contribution in [2.45, 2.75) is 50.6 Å². The molecule has 1 aliphatic heterocycles. The van der Waals surface area contributed by atoms with Crippen molar-refractivity contribution in [2.24, 2.45) is 0 Å². The lowest BCUT2D eigenvalue weighted by molar-refractivity contribution is -0.218. The maximum atomic E-state index is 12.9. The number of halogens is 3. The number of nitrogens with zero attached hydrogens (tertiary/aromatic N) is 2. The summed E-state index contributed by atoms with van der Waals surface area (Å²) in [5, 5.41) is 2.98. The molecule has 142 valence electrons. The van der Waals surface area contributed by atoms with Gasteiger partial charge in [-0.25, -0.2) is 9.78 Å². The Morgan fingerprint density at radius 2 is 2.00 bits per heavy atom. The third-order valence-electron chi connectivity index (χ3n) is 4.53. The van der Waals surface area contributed by atoms with E-state index in [4.69, 9.17) is 0 Å². The molecule has 26 heavy (non-hydrogen) atoms. The molecule has 2 aliphatic rings. The molecule has 1 atom stereocenters. The fourth-order valence-corrected chi connectivity index (χ4v) is 3.00. The van der Waals surface area contributed by atoms with E-state index in [0.29, 0.717) is 12.5 Å². The predicted octanol–water partition coefficient (Wildman–Crippen LogP) is 2.21. The number of esters is 1. The Bertz CT molecular complexity index is 717. The lowest BCUT2D eigenvalue weighted by Crippen LogP contribution is -2.67. The molecule has 1 amide bonds. The maximum Gasteiger partial charge on any atom is 0.491 e. The van der Waals surface area contributed by atoms with E-state index in [1.165, 1.54) is 6.07 Å². The van der Waals surface area contributed by atoms with Gasteiger partial charge >= 0.3 is 12.1 Å². The smallest absolute Gasteiger partial charge is 0.433 e. The van der Waals surface area contributed by atoms with Gasteiger partial charge in [0.1, 0.15) is 5.69 Å². The minimum atomic E-state index is -5.13. The van der Waals surface area contributed by atoms with Crippen LogP contribution in [0.5, 0.6) is 0 Å². The van der Waals surface area contributed by atoms with Gasteiger partial charge < -0.3 is 10.1 Å². The number of amides is 1. The highest BCUT2D eigenvalue weighted by Crippen LogP contribution is 2.39. The van der Waals surface area contributed by atoms with Crippen LogP contribution >= 0.6 is 0 Å². The van der Waals surface area contributed by atoms with Gasteiger partial charge in [-0.05, 0) is 38.8 Å². The molecular formula is C17H20F3N3O3. The van der Waals surface area contributed by atoms with E-state index in [2.05, 4.69) is 15.0 Å². The van der Waals surface area contributed by atoms with Crippen molar-refractivity contribution >= 4 is 11.9 Å². The van der Waals surface area contributed by atoms with Crippen LogP contribution in [0.4, 0.5) is 13.2 Å². The normalized spacial score (nSPS) is 22.8. The number of piperazine rings is 1. The number of rotatable bonds is 3. The largest absolute Gasteiger partial charge is 0.491 e. The first kappa shape index (κ1) is 18.6. The molecule has 1 aromatic rings. The summed E-state index contributed by atoms with van der Waals surface area (Å²) >= 11 is 0. The second-order valence-electron chi connectivity index (χ2n) is 7.12. The molecule has 6 nitrogen and oxygen atoms in total. The molecule has 1 aromatic heterocycles. The highest BCUT2D eigenvalue weighted by molar-refractivity contribution is 5.93. The van der Waals surface area contributed by atoms with Gasteiger partial charge in [0.05, 0.1) is 5.54 Å². The lowest BCUT2D eigenvalue weighted by Gasteiger charge is -2.45. The minimum Gasteiger partial charge on any atom is -0.433 e. The highest BCUT2D eigenvalue weighted by Gasteiger charge is 2.49. The summed E-state index contributed by atoms with van der Waals surface area (Å²) in [6, 6.07) is 5.06. The van der Waals surface area contributed by atoms with Crippen LogP contribution in [0.15, 0.2) is 18.2 Å². The van der Waals surface area contributed by atoms with E-state index >= 15 is 0 Å². The number of hydrogen-bond donors (Lipinski definition) is 1. The predicted molar refractivity (Wildman–Crippen MR) is 85.3 cm³/mol. The van der Waals surface area contributed by atoms with Crippen LogP contribution in [0.1, 0.15) is 48.8 Å². The second kappa shape index (κ2) is 6.53. The summed E-state index contributed by atoms with van der Waals surface area (Å²) in [4.78, 5) is 29.7. The fourth-order valence-electron chi connectivity index (χ4n) is 3.00. The molecule has 2 fully saturated rings. The lowest BCUT2D eigenvalue weighted by atomic mass is 9.98. The summed E-state index contributed by atoms with van der Waals surface area (Å²) in [5.41, 5.74) is -0.0997. The number of alkyl halides is 3. The fraction of sp³-hybridized carbons (Fsp3) is 0.588. The molecule has 3 rings (SSSR count). The summed E-state index contributed by atoms with van der Waals surface area (Å²) < 4.78 is 42.6. The van der Waals surface area contributed by atoms with E-state index in [0.717, 1.165) is 23.4 Å². The first-order valence-electron chi connectivity index (χ1n) is 8.40. The van der Waals surface area contributed by atoms with Crippen LogP contribution in [-0.4, -0.2) is 52.8 Å². The number of hydrogen-bond acceptors (Lipinski definition) is 5. The number of ether oxygens (including phenoxy) is 1. The van der Waals surface area contributed by atoms with Crippen molar-refractivity contribution in [3.8, 4) is 0 Å². The molecule has 1 saturated heterocycles. The van der Waals surface area contributed by atoms with Gasteiger partial charge in [-0.1, -0.05) is 6.07 Å². The molecule has 0 spiro atoms. The van der Waals surface area contributed by atoms with E-state index in [1.54, 1.807) is 19.9 Å². The van der Waals surface area contributed by atoms with Crippen molar-refractivity contribution in [1.29, 1.82) is 0 Å². The summed E-state index contributed by atoms with van der Waals surface area (Å²) in [5.74, 6) is -2.54. The number of carbonyl (C=O) groups is 2. The molecule has 9 heteroatoms. The summed E-state index contributed by atoms with van der Waals surface area (Å²) in [6.07, 6.45) is -4.51. The number of carbonyl (C=O) groups excluding carboxylic acids is 2. The van der Waals surface area contributed by atoms with E-state index in [-0.39, 0.29) is 12.2 Å². The molecular weight excluding hydrogens is 351 g/mol.